The van der Waals surface area contributed by atoms with Gasteiger partial charge in [-0.3, -0.25) is 0 Å². The molecule has 0 spiro atoms. The van der Waals surface area contributed by atoms with E-state index in [2.05, 4.69) is 5.32 Å². The van der Waals surface area contributed by atoms with Gasteiger partial charge in [-0.1, -0.05) is 13.0 Å². The summed E-state index contributed by atoms with van der Waals surface area (Å²) in [6.45, 7) is 4.14. The number of hydrogen-bond acceptors (Lipinski definition) is 3. The van der Waals surface area contributed by atoms with Crippen molar-refractivity contribution in [3.8, 4) is 0 Å². The fourth-order valence-corrected chi connectivity index (χ4v) is 1.96. The molecule has 0 fully saturated rings. The van der Waals surface area contributed by atoms with E-state index in [0.717, 1.165) is 6.42 Å². The Kier molecular flexibility index (Phi) is 8.34. The van der Waals surface area contributed by atoms with Gasteiger partial charge in [0.05, 0.1) is 13.2 Å². The molecule has 0 heterocycles. The van der Waals surface area contributed by atoms with Crippen LogP contribution in [0.2, 0.25) is 0 Å². The highest BCUT2D eigenvalue weighted by atomic mass is 19.1. The molecule has 0 saturated carbocycles. The van der Waals surface area contributed by atoms with Gasteiger partial charge in [0, 0.05) is 25.3 Å². The summed E-state index contributed by atoms with van der Waals surface area (Å²) in [6.07, 6.45) is 1.42. The van der Waals surface area contributed by atoms with Crippen LogP contribution in [0.15, 0.2) is 18.2 Å². The lowest BCUT2D eigenvalue weighted by atomic mass is 10.0. The summed E-state index contributed by atoms with van der Waals surface area (Å²) in [7, 11) is 1.60. The molecule has 1 aromatic rings. The third kappa shape index (κ3) is 5.53. The van der Waals surface area contributed by atoms with Crippen molar-refractivity contribution in [1.82, 2.24) is 5.32 Å². The average Bonchev–Trinajstić information content (AvgIpc) is 2.43. The summed E-state index contributed by atoms with van der Waals surface area (Å²) in [5, 5.41) is 3.17. The summed E-state index contributed by atoms with van der Waals surface area (Å²) >= 11 is 0. The Balaban J connectivity index is 2.63. The molecular formula is C15H23F2NO2. The van der Waals surface area contributed by atoms with Crippen LogP contribution in [0, 0.1) is 11.6 Å². The molecule has 0 aromatic heterocycles. The van der Waals surface area contributed by atoms with Gasteiger partial charge in [0.2, 0.25) is 0 Å². The first kappa shape index (κ1) is 17.0. The quantitative estimate of drug-likeness (QED) is 0.671. The topological polar surface area (TPSA) is 30.5 Å². The van der Waals surface area contributed by atoms with Crippen molar-refractivity contribution in [2.75, 3.05) is 33.5 Å². The molecule has 1 N–H and O–H groups in total. The van der Waals surface area contributed by atoms with Crippen molar-refractivity contribution >= 4 is 0 Å². The minimum absolute atomic E-state index is 0.0938. The van der Waals surface area contributed by atoms with Crippen LogP contribution < -0.4 is 5.32 Å². The second-order valence-corrected chi connectivity index (χ2v) is 4.54. The van der Waals surface area contributed by atoms with Gasteiger partial charge >= 0.3 is 0 Å². The average molecular weight is 287 g/mol. The predicted molar refractivity (Wildman–Crippen MR) is 74.7 cm³/mol. The third-order valence-electron chi connectivity index (χ3n) is 2.97. The highest BCUT2D eigenvalue weighted by Crippen LogP contribution is 2.23. The van der Waals surface area contributed by atoms with Crippen LogP contribution in [0.5, 0.6) is 0 Å². The van der Waals surface area contributed by atoms with E-state index in [1.165, 1.54) is 18.2 Å². The molecule has 20 heavy (non-hydrogen) atoms. The van der Waals surface area contributed by atoms with Crippen molar-refractivity contribution in [2.24, 2.45) is 0 Å². The van der Waals surface area contributed by atoms with E-state index in [0.29, 0.717) is 32.8 Å². The Hall–Kier alpha value is -1.04. The monoisotopic (exact) mass is 287 g/mol. The van der Waals surface area contributed by atoms with E-state index < -0.39 is 11.6 Å². The summed E-state index contributed by atoms with van der Waals surface area (Å²) in [4.78, 5) is 0. The van der Waals surface area contributed by atoms with Gasteiger partial charge in [-0.15, -0.1) is 0 Å². The molecule has 5 heteroatoms. The van der Waals surface area contributed by atoms with Gasteiger partial charge in [-0.05, 0) is 31.5 Å². The zero-order valence-corrected chi connectivity index (χ0v) is 12.1. The standard InChI is InChI=1S/C15H23F2NO2/c1-3-8-18-14(7-9-20-11-10-19-2)15-12(16)5-4-6-13(15)17/h4-6,14,18H,3,7-11H2,1-2H3. The number of nitrogens with one attached hydrogen (secondary N) is 1. The highest BCUT2D eigenvalue weighted by Gasteiger charge is 2.19. The maximum absolute atomic E-state index is 13.8. The smallest absolute Gasteiger partial charge is 0.130 e. The molecule has 0 aliphatic rings. The predicted octanol–water partition coefficient (Wildman–Crippen LogP) is 3.06. The van der Waals surface area contributed by atoms with Crippen molar-refractivity contribution in [1.29, 1.82) is 0 Å². The van der Waals surface area contributed by atoms with Crippen LogP contribution in [-0.4, -0.2) is 33.5 Å². The van der Waals surface area contributed by atoms with Crippen molar-refractivity contribution in [3.63, 3.8) is 0 Å². The number of ether oxygens (including phenoxy) is 2. The Labute approximate surface area is 119 Å². The van der Waals surface area contributed by atoms with Gasteiger partial charge in [0.1, 0.15) is 11.6 Å². The van der Waals surface area contributed by atoms with E-state index in [1.54, 1.807) is 7.11 Å². The van der Waals surface area contributed by atoms with Crippen LogP contribution in [0.1, 0.15) is 31.4 Å². The normalized spacial score (nSPS) is 12.6. The maximum atomic E-state index is 13.8. The fourth-order valence-electron chi connectivity index (χ4n) is 1.96. The van der Waals surface area contributed by atoms with E-state index in [4.69, 9.17) is 9.47 Å². The molecule has 0 radical (unpaired) electrons. The highest BCUT2D eigenvalue weighted by molar-refractivity contribution is 5.23. The van der Waals surface area contributed by atoms with Crippen LogP contribution in [0.3, 0.4) is 0 Å². The molecule has 114 valence electrons. The first-order valence-corrected chi connectivity index (χ1v) is 6.94. The second kappa shape index (κ2) is 9.80. The lowest BCUT2D eigenvalue weighted by Gasteiger charge is -2.20. The van der Waals surface area contributed by atoms with Crippen LogP contribution in [0.25, 0.3) is 0 Å². The summed E-state index contributed by atoms with van der Waals surface area (Å²) in [5.74, 6) is -1.04. The number of rotatable bonds is 10. The lowest BCUT2D eigenvalue weighted by Crippen LogP contribution is -2.25. The summed E-state index contributed by atoms with van der Waals surface area (Å²) in [6, 6.07) is 3.56. The molecule has 0 amide bonds. The van der Waals surface area contributed by atoms with Crippen molar-refractivity contribution in [3.05, 3.63) is 35.4 Å². The van der Waals surface area contributed by atoms with Gasteiger partial charge in [-0.25, -0.2) is 8.78 Å². The lowest BCUT2D eigenvalue weighted by molar-refractivity contribution is 0.0655. The molecule has 1 aromatic carbocycles. The molecule has 1 atom stereocenters. The number of benzene rings is 1. The van der Waals surface area contributed by atoms with Gasteiger partial charge < -0.3 is 14.8 Å². The van der Waals surface area contributed by atoms with Crippen LogP contribution >= 0.6 is 0 Å². The maximum Gasteiger partial charge on any atom is 0.130 e. The summed E-state index contributed by atoms with van der Waals surface area (Å²) in [5.41, 5.74) is 0.0938. The molecule has 0 saturated heterocycles. The molecule has 0 bridgehead atoms. The number of methoxy groups -OCH3 is 1. The van der Waals surface area contributed by atoms with Gasteiger partial charge in [0.15, 0.2) is 0 Å². The summed E-state index contributed by atoms with van der Waals surface area (Å²) < 4.78 is 37.9. The first-order chi connectivity index (χ1) is 9.70. The molecule has 0 aliphatic heterocycles. The van der Waals surface area contributed by atoms with E-state index in [-0.39, 0.29) is 11.6 Å². The largest absolute Gasteiger partial charge is 0.382 e. The first-order valence-electron chi connectivity index (χ1n) is 6.94. The molecule has 1 rings (SSSR count). The SMILES string of the molecule is CCCNC(CCOCCOC)c1c(F)cccc1F. The van der Waals surface area contributed by atoms with Gasteiger partial charge in [-0.2, -0.15) is 0 Å². The van der Waals surface area contributed by atoms with Gasteiger partial charge in [0.25, 0.3) is 0 Å². The molecular weight excluding hydrogens is 264 g/mol. The Morgan fingerprint density at radius 3 is 2.45 bits per heavy atom. The molecule has 0 aliphatic carbocycles. The third-order valence-corrected chi connectivity index (χ3v) is 2.97. The van der Waals surface area contributed by atoms with Crippen molar-refractivity contribution < 1.29 is 18.3 Å². The van der Waals surface area contributed by atoms with Crippen molar-refractivity contribution in [2.45, 2.75) is 25.8 Å². The zero-order chi connectivity index (χ0) is 14.8. The Bertz CT molecular complexity index is 368. The molecule has 3 nitrogen and oxygen atoms in total. The Morgan fingerprint density at radius 1 is 1.15 bits per heavy atom. The van der Waals surface area contributed by atoms with E-state index in [1.807, 2.05) is 6.92 Å². The number of hydrogen-bond donors (Lipinski definition) is 1. The molecule has 1 unspecified atom stereocenters. The zero-order valence-electron chi connectivity index (χ0n) is 12.1. The minimum atomic E-state index is -0.518. The second-order valence-electron chi connectivity index (χ2n) is 4.54. The minimum Gasteiger partial charge on any atom is -0.382 e. The van der Waals surface area contributed by atoms with Crippen LogP contribution in [0.4, 0.5) is 8.78 Å². The Morgan fingerprint density at radius 2 is 1.85 bits per heavy atom. The fraction of sp³-hybridized carbons (Fsp3) is 0.600. The number of halogens is 2. The van der Waals surface area contributed by atoms with E-state index >= 15 is 0 Å². The van der Waals surface area contributed by atoms with E-state index in [9.17, 15) is 8.78 Å². The van der Waals surface area contributed by atoms with Crippen LogP contribution in [-0.2, 0) is 9.47 Å².